The second-order valence-corrected chi connectivity index (χ2v) is 4.26. The lowest BCUT2D eigenvalue weighted by Gasteiger charge is -2.18. The van der Waals surface area contributed by atoms with Gasteiger partial charge in [0.25, 0.3) is 5.69 Å². The lowest BCUT2D eigenvalue weighted by molar-refractivity contribution is -0.384. The van der Waals surface area contributed by atoms with Crippen LogP contribution in [0.3, 0.4) is 0 Å². The zero-order valence-electron chi connectivity index (χ0n) is 11.3. The Bertz CT molecular complexity index is 581. The molecule has 0 aliphatic heterocycles. The Hall–Kier alpha value is -2.50. The molecule has 6 heteroatoms. The number of nitro benzene ring substituents is 1. The maximum absolute atomic E-state index is 10.9. The number of nitrogens with one attached hydrogen (secondary N) is 1. The molecular weight excluding hydrogens is 260 g/mol. The van der Waals surface area contributed by atoms with E-state index in [1.807, 2.05) is 19.1 Å². The monoisotopic (exact) mass is 276 g/mol. The number of hydrogen-bond acceptors (Lipinski definition) is 5. The molecule has 0 saturated carbocycles. The van der Waals surface area contributed by atoms with Gasteiger partial charge in [-0.3, -0.25) is 10.1 Å². The van der Waals surface area contributed by atoms with E-state index in [1.54, 1.807) is 12.3 Å². The molecule has 106 valence electrons. The van der Waals surface area contributed by atoms with E-state index in [0.29, 0.717) is 11.4 Å². The SMILES string of the molecule is CCC(Nc1cc([N+](=O)[O-])ccc1OC)c1ccco1. The van der Waals surface area contributed by atoms with Gasteiger partial charge < -0.3 is 14.5 Å². The molecule has 1 atom stereocenters. The normalized spacial score (nSPS) is 11.9. The molecule has 20 heavy (non-hydrogen) atoms. The van der Waals surface area contributed by atoms with Gasteiger partial charge in [-0.2, -0.15) is 0 Å². The summed E-state index contributed by atoms with van der Waals surface area (Å²) in [4.78, 5) is 10.4. The van der Waals surface area contributed by atoms with Gasteiger partial charge >= 0.3 is 0 Å². The highest BCUT2D eigenvalue weighted by atomic mass is 16.6. The van der Waals surface area contributed by atoms with Crippen LogP contribution in [-0.2, 0) is 0 Å². The standard InChI is InChI=1S/C14H16N2O4/c1-3-11(14-5-4-8-20-14)15-12-9-10(16(17)18)6-7-13(12)19-2/h4-9,11,15H,3H2,1-2H3. The molecule has 2 rings (SSSR count). The zero-order valence-corrected chi connectivity index (χ0v) is 11.3. The van der Waals surface area contributed by atoms with Gasteiger partial charge in [-0.15, -0.1) is 0 Å². The number of anilines is 1. The van der Waals surface area contributed by atoms with Gasteiger partial charge in [0, 0.05) is 12.1 Å². The van der Waals surface area contributed by atoms with Crippen LogP contribution in [0.1, 0.15) is 25.1 Å². The molecule has 1 unspecified atom stereocenters. The first-order valence-electron chi connectivity index (χ1n) is 6.28. The van der Waals surface area contributed by atoms with Crippen LogP contribution in [0.4, 0.5) is 11.4 Å². The number of non-ortho nitro benzene ring substituents is 1. The molecule has 0 radical (unpaired) electrons. The van der Waals surface area contributed by atoms with E-state index >= 15 is 0 Å². The molecule has 2 aromatic rings. The van der Waals surface area contributed by atoms with Crippen molar-refractivity contribution in [2.24, 2.45) is 0 Å². The number of benzene rings is 1. The summed E-state index contributed by atoms with van der Waals surface area (Å²) < 4.78 is 10.6. The fourth-order valence-corrected chi connectivity index (χ4v) is 1.97. The molecule has 0 aliphatic rings. The number of methoxy groups -OCH3 is 1. The highest BCUT2D eigenvalue weighted by Crippen LogP contribution is 2.32. The minimum atomic E-state index is -0.432. The molecule has 0 spiro atoms. The van der Waals surface area contributed by atoms with E-state index in [-0.39, 0.29) is 11.7 Å². The minimum absolute atomic E-state index is 0.0163. The summed E-state index contributed by atoms with van der Waals surface area (Å²) in [5, 5.41) is 14.1. The molecule has 1 aromatic carbocycles. The van der Waals surface area contributed by atoms with Gasteiger partial charge in [-0.25, -0.2) is 0 Å². The van der Waals surface area contributed by atoms with E-state index < -0.39 is 4.92 Å². The van der Waals surface area contributed by atoms with Gasteiger partial charge in [0.15, 0.2) is 0 Å². The van der Waals surface area contributed by atoms with Crippen molar-refractivity contribution in [1.29, 1.82) is 0 Å². The number of nitrogens with zero attached hydrogens (tertiary/aromatic N) is 1. The van der Waals surface area contributed by atoms with Crippen molar-refractivity contribution in [2.45, 2.75) is 19.4 Å². The van der Waals surface area contributed by atoms with Crippen molar-refractivity contribution in [3.63, 3.8) is 0 Å². The first kappa shape index (κ1) is 13.9. The lowest BCUT2D eigenvalue weighted by Crippen LogP contribution is -2.10. The number of nitro groups is 1. The van der Waals surface area contributed by atoms with E-state index in [9.17, 15) is 10.1 Å². The fourth-order valence-electron chi connectivity index (χ4n) is 1.97. The average molecular weight is 276 g/mol. The van der Waals surface area contributed by atoms with E-state index in [2.05, 4.69) is 5.32 Å². The van der Waals surface area contributed by atoms with Crippen molar-refractivity contribution in [3.8, 4) is 5.75 Å². The maximum Gasteiger partial charge on any atom is 0.271 e. The zero-order chi connectivity index (χ0) is 14.5. The second kappa shape index (κ2) is 6.10. The van der Waals surface area contributed by atoms with E-state index in [1.165, 1.54) is 19.2 Å². The summed E-state index contributed by atoms with van der Waals surface area (Å²) in [6, 6.07) is 8.06. The van der Waals surface area contributed by atoms with Crippen molar-refractivity contribution < 1.29 is 14.1 Å². The van der Waals surface area contributed by atoms with Crippen LogP contribution in [0.5, 0.6) is 5.75 Å². The van der Waals surface area contributed by atoms with E-state index in [0.717, 1.165) is 12.2 Å². The van der Waals surface area contributed by atoms with Crippen molar-refractivity contribution in [2.75, 3.05) is 12.4 Å². The van der Waals surface area contributed by atoms with Crippen LogP contribution >= 0.6 is 0 Å². The summed E-state index contributed by atoms with van der Waals surface area (Å²) >= 11 is 0. The molecule has 0 bridgehead atoms. The summed E-state index contributed by atoms with van der Waals surface area (Å²) in [6.45, 7) is 2.00. The van der Waals surface area contributed by atoms with Gasteiger partial charge in [-0.1, -0.05) is 6.92 Å². The van der Waals surface area contributed by atoms with Crippen molar-refractivity contribution in [1.82, 2.24) is 0 Å². The minimum Gasteiger partial charge on any atom is -0.495 e. The van der Waals surface area contributed by atoms with E-state index in [4.69, 9.17) is 9.15 Å². The number of rotatable bonds is 6. The lowest BCUT2D eigenvalue weighted by atomic mass is 10.1. The van der Waals surface area contributed by atoms with Crippen LogP contribution < -0.4 is 10.1 Å². The Morgan fingerprint density at radius 1 is 1.45 bits per heavy atom. The Balaban J connectivity index is 2.30. The van der Waals surface area contributed by atoms with Gasteiger partial charge in [0.05, 0.1) is 30.0 Å². The number of ether oxygens (including phenoxy) is 1. The van der Waals surface area contributed by atoms with Crippen LogP contribution in [0.15, 0.2) is 41.0 Å². The number of furan rings is 1. The molecule has 0 amide bonds. The summed E-state index contributed by atoms with van der Waals surface area (Å²) in [6.07, 6.45) is 2.38. The highest BCUT2D eigenvalue weighted by molar-refractivity contribution is 5.62. The highest BCUT2D eigenvalue weighted by Gasteiger charge is 2.17. The van der Waals surface area contributed by atoms with Crippen molar-refractivity contribution >= 4 is 11.4 Å². The van der Waals surface area contributed by atoms with Crippen molar-refractivity contribution in [3.05, 3.63) is 52.5 Å². The topological polar surface area (TPSA) is 77.5 Å². The Labute approximate surface area is 116 Å². The smallest absolute Gasteiger partial charge is 0.271 e. The molecule has 1 heterocycles. The molecule has 1 N–H and O–H groups in total. The summed E-state index contributed by atoms with van der Waals surface area (Å²) in [5.74, 6) is 1.33. The first-order valence-corrected chi connectivity index (χ1v) is 6.28. The van der Waals surface area contributed by atoms with Gasteiger partial charge in [-0.05, 0) is 24.6 Å². The summed E-state index contributed by atoms with van der Waals surface area (Å²) in [7, 11) is 1.53. The van der Waals surface area contributed by atoms with Gasteiger partial charge in [0.2, 0.25) is 0 Å². The Kier molecular flexibility index (Phi) is 4.24. The summed E-state index contributed by atoms with van der Waals surface area (Å²) in [5.41, 5.74) is 0.590. The Morgan fingerprint density at radius 3 is 2.80 bits per heavy atom. The third-order valence-electron chi connectivity index (χ3n) is 3.02. The molecule has 0 aliphatic carbocycles. The second-order valence-electron chi connectivity index (χ2n) is 4.26. The fraction of sp³-hybridized carbons (Fsp3) is 0.286. The number of hydrogen-bond donors (Lipinski definition) is 1. The average Bonchev–Trinajstić information content (AvgIpc) is 2.98. The third kappa shape index (κ3) is 2.90. The maximum atomic E-state index is 10.9. The predicted molar refractivity (Wildman–Crippen MR) is 75.0 cm³/mol. The third-order valence-corrected chi connectivity index (χ3v) is 3.02. The van der Waals surface area contributed by atoms with Gasteiger partial charge in [0.1, 0.15) is 11.5 Å². The Morgan fingerprint density at radius 2 is 2.25 bits per heavy atom. The van der Waals surface area contributed by atoms with Crippen LogP contribution in [0.25, 0.3) is 0 Å². The van der Waals surface area contributed by atoms with Crippen LogP contribution in [0, 0.1) is 10.1 Å². The molecule has 1 aromatic heterocycles. The largest absolute Gasteiger partial charge is 0.495 e. The molecular formula is C14H16N2O4. The first-order chi connectivity index (χ1) is 9.65. The predicted octanol–water partition coefficient (Wildman–Crippen LogP) is 3.76. The van der Waals surface area contributed by atoms with Crippen LogP contribution in [-0.4, -0.2) is 12.0 Å². The molecule has 0 fully saturated rings. The quantitative estimate of drug-likeness (QED) is 0.642. The molecule has 0 saturated heterocycles. The van der Waals surface area contributed by atoms with Crippen LogP contribution in [0.2, 0.25) is 0 Å². The molecule has 6 nitrogen and oxygen atoms in total.